The first-order chi connectivity index (χ1) is 5.77. The van der Waals surface area contributed by atoms with Gasteiger partial charge in [0.2, 0.25) is 0 Å². The molecule has 2 rings (SSSR count). The Labute approximate surface area is 77.0 Å². The van der Waals surface area contributed by atoms with Crippen molar-refractivity contribution in [2.75, 3.05) is 0 Å². The van der Waals surface area contributed by atoms with E-state index in [1.54, 1.807) is 11.8 Å². The maximum Gasteiger partial charge on any atom is 0.319 e. The summed E-state index contributed by atoms with van der Waals surface area (Å²) in [6, 6.07) is 0. The summed E-state index contributed by atoms with van der Waals surface area (Å²) in [5.41, 5.74) is 0. The van der Waals surface area contributed by atoms with Gasteiger partial charge in [0.05, 0.1) is 5.25 Å². The second kappa shape index (κ2) is 3.29. The van der Waals surface area contributed by atoms with Crippen LogP contribution in [0.15, 0.2) is 0 Å². The summed E-state index contributed by atoms with van der Waals surface area (Å²) in [5.74, 6) is -0.0110. The van der Waals surface area contributed by atoms with Crippen LogP contribution in [0.3, 0.4) is 0 Å². The van der Waals surface area contributed by atoms with Crippen molar-refractivity contribution in [1.82, 2.24) is 0 Å². The quantitative estimate of drug-likeness (QED) is 0.541. The third-order valence-electron chi connectivity index (χ3n) is 2.62. The first kappa shape index (κ1) is 8.42. The Bertz CT molecular complexity index is 193. The molecule has 2 fully saturated rings. The van der Waals surface area contributed by atoms with E-state index in [0.717, 1.165) is 6.42 Å². The van der Waals surface area contributed by atoms with Crippen LogP contribution in [0.4, 0.5) is 0 Å². The van der Waals surface area contributed by atoms with E-state index in [0.29, 0.717) is 5.25 Å². The van der Waals surface area contributed by atoms with E-state index >= 15 is 0 Å². The van der Waals surface area contributed by atoms with Crippen molar-refractivity contribution in [3.8, 4) is 0 Å². The number of hydrogen-bond acceptors (Lipinski definition) is 3. The van der Waals surface area contributed by atoms with Crippen molar-refractivity contribution in [3.05, 3.63) is 0 Å². The number of ether oxygens (including phenoxy) is 1. The van der Waals surface area contributed by atoms with Gasteiger partial charge in [0.25, 0.3) is 0 Å². The number of carbonyl (C=O) groups excluding carboxylic acids is 1. The van der Waals surface area contributed by atoms with Crippen LogP contribution in [0.2, 0.25) is 0 Å². The van der Waals surface area contributed by atoms with Gasteiger partial charge in [-0.1, -0.05) is 6.42 Å². The second-order valence-electron chi connectivity index (χ2n) is 3.58. The molecule has 2 nitrogen and oxygen atoms in total. The third-order valence-corrected chi connectivity index (χ3v) is 4.11. The highest BCUT2D eigenvalue weighted by Crippen LogP contribution is 2.37. The van der Waals surface area contributed by atoms with Crippen LogP contribution in [0.5, 0.6) is 0 Å². The molecule has 0 aromatic heterocycles. The van der Waals surface area contributed by atoms with E-state index in [1.807, 2.05) is 6.92 Å². The van der Waals surface area contributed by atoms with Gasteiger partial charge >= 0.3 is 5.97 Å². The summed E-state index contributed by atoms with van der Waals surface area (Å²) in [6.45, 7) is 1.94. The van der Waals surface area contributed by atoms with Crippen LogP contribution in [0.25, 0.3) is 0 Å². The molecule has 12 heavy (non-hydrogen) atoms. The van der Waals surface area contributed by atoms with Gasteiger partial charge in [0.15, 0.2) is 0 Å². The highest BCUT2D eigenvalue weighted by Gasteiger charge is 2.37. The Morgan fingerprint density at radius 1 is 1.42 bits per heavy atom. The number of thioether (sulfide) groups is 1. The standard InChI is InChI=1S/C9H14O2S/c1-6-9(10)11-7-4-2-3-5-8(7)12-6/h6-8H,2-5H2,1H3. The van der Waals surface area contributed by atoms with Crippen LogP contribution >= 0.6 is 11.8 Å². The number of rotatable bonds is 0. The average Bonchev–Trinajstić information content (AvgIpc) is 2.07. The average molecular weight is 186 g/mol. The molecule has 1 saturated heterocycles. The Balaban J connectivity index is 2.02. The van der Waals surface area contributed by atoms with Crippen molar-refractivity contribution in [1.29, 1.82) is 0 Å². The molecule has 0 spiro atoms. The van der Waals surface area contributed by atoms with Crippen LogP contribution in [0, 0.1) is 0 Å². The number of hydrogen-bond donors (Lipinski definition) is 0. The molecule has 3 unspecified atom stereocenters. The molecule has 1 aliphatic carbocycles. The molecule has 0 N–H and O–H groups in total. The van der Waals surface area contributed by atoms with Gasteiger partial charge < -0.3 is 4.74 Å². The van der Waals surface area contributed by atoms with Gasteiger partial charge in [-0.2, -0.15) is 0 Å². The fourth-order valence-corrected chi connectivity index (χ4v) is 3.28. The molecular weight excluding hydrogens is 172 g/mol. The first-order valence-electron chi connectivity index (χ1n) is 4.63. The summed E-state index contributed by atoms with van der Waals surface area (Å²) >= 11 is 1.80. The monoisotopic (exact) mass is 186 g/mol. The zero-order valence-corrected chi connectivity index (χ0v) is 8.10. The fraction of sp³-hybridized carbons (Fsp3) is 0.889. The minimum absolute atomic E-state index is 0.0110. The van der Waals surface area contributed by atoms with Gasteiger partial charge in [-0.3, -0.25) is 4.79 Å². The molecule has 3 heteroatoms. The highest BCUT2D eigenvalue weighted by atomic mass is 32.2. The zero-order valence-electron chi connectivity index (χ0n) is 7.29. The minimum Gasteiger partial charge on any atom is -0.460 e. The summed E-state index contributed by atoms with van der Waals surface area (Å²) in [4.78, 5) is 11.2. The van der Waals surface area contributed by atoms with Gasteiger partial charge in [-0.05, 0) is 26.2 Å². The molecule has 1 aliphatic heterocycles. The predicted molar refractivity (Wildman–Crippen MR) is 49.2 cm³/mol. The van der Waals surface area contributed by atoms with E-state index in [2.05, 4.69) is 0 Å². The van der Waals surface area contributed by atoms with Crippen molar-refractivity contribution in [2.45, 2.75) is 49.2 Å². The molecule has 0 bridgehead atoms. The number of esters is 1. The van der Waals surface area contributed by atoms with Crippen LogP contribution in [-0.2, 0) is 9.53 Å². The predicted octanol–water partition coefficient (Wildman–Crippen LogP) is 1.98. The lowest BCUT2D eigenvalue weighted by atomic mass is 9.97. The van der Waals surface area contributed by atoms with E-state index < -0.39 is 0 Å². The van der Waals surface area contributed by atoms with Gasteiger partial charge in [-0.25, -0.2) is 0 Å². The summed E-state index contributed by atoms with van der Waals surface area (Å²) < 4.78 is 5.34. The van der Waals surface area contributed by atoms with E-state index in [4.69, 9.17) is 4.74 Å². The molecule has 0 aromatic carbocycles. The molecule has 0 aromatic rings. The van der Waals surface area contributed by atoms with Crippen molar-refractivity contribution < 1.29 is 9.53 Å². The Kier molecular flexibility index (Phi) is 2.31. The van der Waals surface area contributed by atoms with Crippen molar-refractivity contribution in [3.63, 3.8) is 0 Å². The van der Waals surface area contributed by atoms with Crippen LogP contribution < -0.4 is 0 Å². The van der Waals surface area contributed by atoms with E-state index in [1.165, 1.54) is 19.3 Å². The molecule has 0 radical (unpaired) electrons. The largest absolute Gasteiger partial charge is 0.460 e. The van der Waals surface area contributed by atoms with E-state index in [-0.39, 0.29) is 17.3 Å². The van der Waals surface area contributed by atoms with Crippen molar-refractivity contribution in [2.24, 2.45) is 0 Å². The molecule has 0 amide bonds. The SMILES string of the molecule is CC1SC2CCCCC2OC1=O. The third kappa shape index (κ3) is 1.47. The summed E-state index contributed by atoms with van der Waals surface area (Å²) in [6.07, 6.45) is 5.07. The lowest BCUT2D eigenvalue weighted by Crippen LogP contribution is -2.41. The van der Waals surface area contributed by atoms with Gasteiger partial charge in [0.1, 0.15) is 6.10 Å². The molecular formula is C9H14O2S. The Hall–Kier alpha value is -0.180. The molecule has 3 atom stereocenters. The fourth-order valence-electron chi connectivity index (χ4n) is 1.92. The summed E-state index contributed by atoms with van der Waals surface area (Å²) in [7, 11) is 0. The van der Waals surface area contributed by atoms with Gasteiger partial charge in [-0.15, -0.1) is 11.8 Å². The minimum atomic E-state index is -0.0110. The maximum atomic E-state index is 11.2. The molecule has 2 aliphatic rings. The molecule has 68 valence electrons. The van der Waals surface area contributed by atoms with E-state index in [9.17, 15) is 4.79 Å². The smallest absolute Gasteiger partial charge is 0.319 e. The normalized spacial score (nSPS) is 41.8. The number of fused-ring (bicyclic) bond motifs is 1. The first-order valence-corrected chi connectivity index (χ1v) is 5.57. The molecule has 1 heterocycles. The zero-order chi connectivity index (χ0) is 8.55. The lowest BCUT2D eigenvalue weighted by molar-refractivity contribution is -0.150. The van der Waals surface area contributed by atoms with Gasteiger partial charge in [0, 0.05) is 5.25 Å². The highest BCUT2D eigenvalue weighted by molar-refractivity contribution is 8.01. The topological polar surface area (TPSA) is 26.3 Å². The second-order valence-corrected chi connectivity index (χ2v) is 5.16. The van der Waals surface area contributed by atoms with Crippen molar-refractivity contribution >= 4 is 17.7 Å². The maximum absolute atomic E-state index is 11.2. The summed E-state index contributed by atoms with van der Waals surface area (Å²) in [5, 5.41) is 0.649. The Morgan fingerprint density at radius 3 is 3.00 bits per heavy atom. The number of carbonyl (C=O) groups is 1. The lowest BCUT2D eigenvalue weighted by Gasteiger charge is -2.36. The van der Waals surface area contributed by atoms with Crippen LogP contribution in [0.1, 0.15) is 32.6 Å². The van der Waals surface area contributed by atoms with Crippen LogP contribution in [-0.4, -0.2) is 22.6 Å². The Morgan fingerprint density at radius 2 is 2.17 bits per heavy atom. The molecule has 1 saturated carbocycles.